The Morgan fingerprint density at radius 1 is 1.39 bits per heavy atom. The number of aromatic nitrogens is 4. The maximum atomic E-state index is 13.1. The van der Waals surface area contributed by atoms with Gasteiger partial charge in [0.15, 0.2) is 6.04 Å². The summed E-state index contributed by atoms with van der Waals surface area (Å²) in [6, 6.07) is -0.188. The summed E-state index contributed by atoms with van der Waals surface area (Å²) in [5, 5.41) is 7.96. The normalized spacial score (nSPS) is 18.1. The first kappa shape index (κ1) is 15.6. The molecule has 0 aliphatic carbocycles. The summed E-state index contributed by atoms with van der Waals surface area (Å²) >= 11 is 0. The summed E-state index contributed by atoms with van der Waals surface area (Å²) in [5.74, 6) is -0.125. The minimum atomic E-state index is -4.39. The van der Waals surface area contributed by atoms with Crippen LogP contribution in [0, 0.1) is 13.8 Å². The van der Waals surface area contributed by atoms with Crippen LogP contribution in [0.15, 0.2) is 18.5 Å². The van der Waals surface area contributed by atoms with E-state index in [1.165, 1.54) is 15.6 Å². The number of rotatable bonds is 2. The zero-order valence-corrected chi connectivity index (χ0v) is 12.7. The van der Waals surface area contributed by atoms with Crippen LogP contribution in [-0.4, -0.2) is 38.2 Å². The SMILES string of the molecule is Cc1cnn(CC(=O)N2CCC(C(F)(F)F)n3nc(C)cc32)c1. The van der Waals surface area contributed by atoms with Crippen molar-refractivity contribution in [2.45, 2.75) is 39.0 Å². The van der Waals surface area contributed by atoms with Crippen LogP contribution in [0.2, 0.25) is 0 Å². The Labute approximate surface area is 130 Å². The Morgan fingerprint density at radius 3 is 2.74 bits per heavy atom. The average molecular weight is 327 g/mol. The van der Waals surface area contributed by atoms with Gasteiger partial charge in [0.1, 0.15) is 12.4 Å². The maximum absolute atomic E-state index is 13.1. The van der Waals surface area contributed by atoms with E-state index in [0.717, 1.165) is 10.2 Å². The van der Waals surface area contributed by atoms with Gasteiger partial charge in [-0.05, 0) is 25.8 Å². The monoisotopic (exact) mass is 327 g/mol. The van der Waals surface area contributed by atoms with Gasteiger partial charge in [0.2, 0.25) is 5.91 Å². The van der Waals surface area contributed by atoms with Gasteiger partial charge in [-0.2, -0.15) is 23.4 Å². The molecular formula is C14H16F3N5O. The Morgan fingerprint density at radius 2 is 2.13 bits per heavy atom. The molecule has 124 valence electrons. The molecule has 0 radical (unpaired) electrons. The molecule has 1 amide bonds. The molecule has 0 spiro atoms. The molecule has 0 N–H and O–H groups in total. The van der Waals surface area contributed by atoms with Crippen molar-refractivity contribution < 1.29 is 18.0 Å². The Bertz CT molecular complexity index is 733. The van der Waals surface area contributed by atoms with Crippen molar-refractivity contribution in [1.29, 1.82) is 0 Å². The van der Waals surface area contributed by atoms with E-state index in [-0.39, 0.29) is 31.2 Å². The van der Waals surface area contributed by atoms with E-state index in [1.54, 1.807) is 19.3 Å². The number of anilines is 1. The Hall–Kier alpha value is -2.32. The van der Waals surface area contributed by atoms with Crippen LogP contribution < -0.4 is 4.90 Å². The molecule has 1 unspecified atom stereocenters. The lowest BCUT2D eigenvalue weighted by Crippen LogP contribution is -2.44. The third kappa shape index (κ3) is 2.95. The second-order valence-electron chi connectivity index (χ2n) is 5.70. The molecule has 1 atom stereocenters. The van der Waals surface area contributed by atoms with Crippen molar-refractivity contribution in [1.82, 2.24) is 19.6 Å². The molecule has 6 nitrogen and oxygen atoms in total. The number of hydrogen-bond donors (Lipinski definition) is 0. The number of carbonyl (C=O) groups is 1. The first-order valence-electron chi connectivity index (χ1n) is 7.18. The van der Waals surface area contributed by atoms with Gasteiger partial charge in [-0.25, -0.2) is 4.68 Å². The van der Waals surface area contributed by atoms with Gasteiger partial charge in [0.25, 0.3) is 0 Å². The molecule has 0 fully saturated rings. The quantitative estimate of drug-likeness (QED) is 0.850. The van der Waals surface area contributed by atoms with Crippen LogP contribution >= 0.6 is 0 Å². The topological polar surface area (TPSA) is 56.0 Å². The third-order valence-electron chi connectivity index (χ3n) is 3.77. The lowest BCUT2D eigenvalue weighted by Gasteiger charge is -2.33. The zero-order chi connectivity index (χ0) is 16.8. The highest BCUT2D eigenvalue weighted by atomic mass is 19.4. The smallest absolute Gasteiger partial charge is 0.295 e. The molecule has 3 heterocycles. The average Bonchev–Trinajstić information content (AvgIpc) is 3.01. The molecule has 1 aliphatic heterocycles. The van der Waals surface area contributed by atoms with E-state index in [0.29, 0.717) is 5.69 Å². The fourth-order valence-corrected chi connectivity index (χ4v) is 2.75. The number of fused-ring (bicyclic) bond motifs is 1. The number of nitrogens with zero attached hydrogens (tertiary/aromatic N) is 5. The van der Waals surface area contributed by atoms with E-state index in [4.69, 9.17) is 0 Å². The van der Waals surface area contributed by atoms with Crippen LogP contribution in [0.4, 0.5) is 19.0 Å². The summed E-state index contributed by atoms with van der Waals surface area (Å²) in [6.07, 6.45) is -1.26. The van der Waals surface area contributed by atoms with Crippen molar-refractivity contribution >= 4 is 11.7 Å². The first-order valence-corrected chi connectivity index (χ1v) is 7.18. The molecule has 0 saturated heterocycles. The van der Waals surface area contributed by atoms with E-state index in [2.05, 4.69) is 10.2 Å². The summed E-state index contributed by atoms with van der Waals surface area (Å²) in [5.41, 5.74) is 1.36. The highest BCUT2D eigenvalue weighted by Gasteiger charge is 2.46. The first-order chi connectivity index (χ1) is 10.8. The molecule has 23 heavy (non-hydrogen) atoms. The summed E-state index contributed by atoms with van der Waals surface area (Å²) in [4.78, 5) is 13.8. The van der Waals surface area contributed by atoms with Crippen LogP contribution in [0.1, 0.15) is 23.7 Å². The summed E-state index contributed by atoms with van der Waals surface area (Å²) in [6.45, 7) is 3.45. The maximum Gasteiger partial charge on any atom is 0.410 e. The number of aryl methyl sites for hydroxylation is 2. The molecule has 0 aromatic carbocycles. The summed E-state index contributed by atoms with van der Waals surface area (Å²) in [7, 11) is 0. The predicted octanol–water partition coefficient (Wildman–Crippen LogP) is 2.24. The van der Waals surface area contributed by atoms with Crippen molar-refractivity contribution in [3.8, 4) is 0 Å². The molecule has 2 aromatic heterocycles. The second-order valence-corrected chi connectivity index (χ2v) is 5.70. The minimum Gasteiger partial charge on any atom is -0.295 e. The third-order valence-corrected chi connectivity index (χ3v) is 3.77. The van der Waals surface area contributed by atoms with E-state index >= 15 is 0 Å². The van der Waals surface area contributed by atoms with Gasteiger partial charge in [-0.15, -0.1) is 0 Å². The van der Waals surface area contributed by atoms with Crippen molar-refractivity contribution in [2.75, 3.05) is 11.4 Å². The van der Waals surface area contributed by atoms with Crippen molar-refractivity contribution in [2.24, 2.45) is 0 Å². The Balaban J connectivity index is 1.87. The van der Waals surface area contributed by atoms with Crippen LogP contribution in [-0.2, 0) is 11.3 Å². The zero-order valence-electron chi connectivity index (χ0n) is 12.7. The summed E-state index contributed by atoms with van der Waals surface area (Å²) < 4.78 is 41.8. The lowest BCUT2D eigenvalue weighted by atomic mass is 10.1. The standard InChI is InChI=1S/C14H16F3N5O/c1-9-6-18-20(7-9)8-13(23)21-4-3-11(14(15,16)17)22-12(21)5-10(2)19-22/h5-7,11H,3-4,8H2,1-2H3. The number of hydrogen-bond acceptors (Lipinski definition) is 3. The van der Waals surface area contributed by atoms with Crippen LogP contribution in [0.5, 0.6) is 0 Å². The molecule has 0 bridgehead atoms. The molecule has 2 aromatic rings. The molecular weight excluding hydrogens is 311 g/mol. The lowest BCUT2D eigenvalue weighted by molar-refractivity contribution is -0.173. The number of halogens is 3. The molecule has 1 aliphatic rings. The van der Waals surface area contributed by atoms with Gasteiger partial charge < -0.3 is 0 Å². The molecule has 9 heteroatoms. The number of alkyl halides is 3. The molecule has 0 saturated carbocycles. The largest absolute Gasteiger partial charge is 0.410 e. The van der Waals surface area contributed by atoms with Crippen LogP contribution in [0.25, 0.3) is 0 Å². The van der Waals surface area contributed by atoms with E-state index in [9.17, 15) is 18.0 Å². The second kappa shape index (κ2) is 5.39. The Kier molecular flexibility index (Phi) is 3.65. The van der Waals surface area contributed by atoms with Crippen molar-refractivity contribution in [3.05, 3.63) is 29.7 Å². The fourth-order valence-electron chi connectivity index (χ4n) is 2.75. The van der Waals surface area contributed by atoms with Gasteiger partial charge >= 0.3 is 6.18 Å². The van der Waals surface area contributed by atoms with E-state index < -0.39 is 12.2 Å². The minimum absolute atomic E-state index is 0.00833. The molecule has 3 rings (SSSR count). The van der Waals surface area contributed by atoms with E-state index in [1.807, 2.05) is 6.92 Å². The van der Waals surface area contributed by atoms with Gasteiger partial charge in [0, 0.05) is 18.8 Å². The van der Waals surface area contributed by atoms with Crippen molar-refractivity contribution in [3.63, 3.8) is 0 Å². The number of carbonyl (C=O) groups excluding carboxylic acids is 1. The fraction of sp³-hybridized carbons (Fsp3) is 0.500. The van der Waals surface area contributed by atoms with Crippen LogP contribution in [0.3, 0.4) is 0 Å². The van der Waals surface area contributed by atoms with Gasteiger partial charge in [-0.3, -0.25) is 14.4 Å². The highest BCUT2D eigenvalue weighted by molar-refractivity contribution is 5.92. The van der Waals surface area contributed by atoms with Gasteiger partial charge in [-0.1, -0.05) is 0 Å². The van der Waals surface area contributed by atoms with Gasteiger partial charge in [0.05, 0.1) is 11.9 Å². The predicted molar refractivity (Wildman–Crippen MR) is 76.0 cm³/mol. The number of amides is 1. The highest BCUT2D eigenvalue weighted by Crippen LogP contribution is 2.39.